The standard InChI is InChI=1S/C12H9BrCl2S/c13-9-1-2-11(14)10(6-9)12(15)5-8-3-4-16-7-8/h1-4,6-7,12H,5H2. The van der Waals surface area contributed by atoms with Crippen molar-refractivity contribution < 1.29 is 0 Å². The highest BCUT2D eigenvalue weighted by Crippen LogP contribution is 2.33. The van der Waals surface area contributed by atoms with Gasteiger partial charge < -0.3 is 0 Å². The van der Waals surface area contributed by atoms with Crippen LogP contribution in [0.5, 0.6) is 0 Å². The lowest BCUT2D eigenvalue weighted by Crippen LogP contribution is -1.95. The molecule has 2 aromatic rings. The molecule has 0 fully saturated rings. The highest BCUT2D eigenvalue weighted by Gasteiger charge is 2.13. The minimum absolute atomic E-state index is 0.0837. The van der Waals surface area contributed by atoms with E-state index in [0.717, 1.165) is 21.5 Å². The molecule has 0 aliphatic heterocycles. The molecule has 0 aliphatic carbocycles. The van der Waals surface area contributed by atoms with Gasteiger partial charge in [0.2, 0.25) is 0 Å². The second-order valence-electron chi connectivity index (χ2n) is 3.47. The van der Waals surface area contributed by atoms with Crippen molar-refractivity contribution in [2.75, 3.05) is 0 Å². The third-order valence-corrected chi connectivity index (χ3v) is 4.25. The number of alkyl halides is 1. The molecule has 0 radical (unpaired) electrons. The molecular formula is C12H9BrCl2S. The second-order valence-corrected chi connectivity index (χ2v) is 6.10. The first kappa shape index (κ1) is 12.4. The minimum atomic E-state index is -0.0837. The molecule has 1 aromatic carbocycles. The van der Waals surface area contributed by atoms with Crippen LogP contribution in [0.3, 0.4) is 0 Å². The molecule has 1 aromatic heterocycles. The lowest BCUT2D eigenvalue weighted by atomic mass is 10.1. The summed E-state index contributed by atoms with van der Waals surface area (Å²) in [6.45, 7) is 0. The van der Waals surface area contributed by atoms with Gasteiger partial charge in [-0.05, 0) is 52.6 Å². The van der Waals surface area contributed by atoms with Gasteiger partial charge in [0.05, 0.1) is 5.38 Å². The van der Waals surface area contributed by atoms with Gasteiger partial charge in [0.25, 0.3) is 0 Å². The van der Waals surface area contributed by atoms with Gasteiger partial charge in [-0.15, -0.1) is 11.6 Å². The molecule has 1 atom stereocenters. The number of hydrogen-bond acceptors (Lipinski definition) is 1. The Kier molecular flexibility index (Phi) is 4.31. The first-order valence-electron chi connectivity index (χ1n) is 4.77. The molecule has 1 heterocycles. The van der Waals surface area contributed by atoms with E-state index in [1.807, 2.05) is 18.2 Å². The Bertz CT molecular complexity index is 468. The third-order valence-electron chi connectivity index (χ3n) is 2.29. The van der Waals surface area contributed by atoms with Crippen molar-refractivity contribution >= 4 is 50.5 Å². The molecule has 0 amide bonds. The monoisotopic (exact) mass is 334 g/mol. The van der Waals surface area contributed by atoms with Crippen LogP contribution in [-0.4, -0.2) is 0 Å². The molecule has 0 bridgehead atoms. The predicted molar refractivity (Wildman–Crippen MR) is 75.8 cm³/mol. The molecule has 0 saturated carbocycles. The summed E-state index contributed by atoms with van der Waals surface area (Å²) >= 11 is 17.6. The van der Waals surface area contributed by atoms with E-state index in [9.17, 15) is 0 Å². The molecule has 4 heteroatoms. The smallest absolute Gasteiger partial charge is 0.0640 e. The van der Waals surface area contributed by atoms with Crippen LogP contribution in [0.4, 0.5) is 0 Å². The molecule has 0 nitrogen and oxygen atoms in total. The average Bonchev–Trinajstić information content (AvgIpc) is 2.74. The fourth-order valence-electron chi connectivity index (χ4n) is 1.48. The lowest BCUT2D eigenvalue weighted by molar-refractivity contribution is 0.924. The molecule has 0 N–H and O–H groups in total. The summed E-state index contributed by atoms with van der Waals surface area (Å²) in [4.78, 5) is 0. The van der Waals surface area contributed by atoms with Gasteiger partial charge >= 0.3 is 0 Å². The van der Waals surface area contributed by atoms with E-state index in [4.69, 9.17) is 23.2 Å². The second kappa shape index (κ2) is 5.54. The van der Waals surface area contributed by atoms with Gasteiger partial charge in [-0.2, -0.15) is 11.3 Å². The highest BCUT2D eigenvalue weighted by molar-refractivity contribution is 9.10. The Balaban J connectivity index is 2.20. The third kappa shape index (κ3) is 3.01. The average molecular weight is 336 g/mol. The van der Waals surface area contributed by atoms with Crippen LogP contribution in [0, 0.1) is 0 Å². The van der Waals surface area contributed by atoms with E-state index in [1.165, 1.54) is 5.56 Å². The quantitative estimate of drug-likeness (QED) is 0.632. The zero-order valence-electron chi connectivity index (χ0n) is 8.29. The summed E-state index contributed by atoms with van der Waals surface area (Å²) in [6.07, 6.45) is 0.807. The molecular weight excluding hydrogens is 327 g/mol. The van der Waals surface area contributed by atoms with E-state index in [0.29, 0.717) is 0 Å². The maximum Gasteiger partial charge on any atom is 0.0640 e. The fourth-order valence-corrected chi connectivity index (χ4v) is 3.20. The van der Waals surface area contributed by atoms with Crippen LogP contribution in [0.2, 0.25) is 5.02 Å². The van der Waals surface area contributed by atoms with Crippen LogP contribution in [-0.2, 0) is 6.42 Å². The summed E-state index contributed by atoms with van der Waals surface area (Å²) in [7, 11) is 0. The number of hydrogen-bond donors (Lipinski definition) is 0. The number of rotatable bonds is 3. The van der Waals surface area contributed by atoms with E-state index in [-0.39, 0.29) is 5.38 Å². The molecule has 0 spiro atoms. The maximum absolute atomic E-state index is 6.37. The predicted octanol–water partition coefficient (Wildman–Crippen LogP) is 5.69. The van der Waals surface area contributed by atoms with Crippen molar-refractivity contribution in [3.63, 3.8) is 0 Å². The molecule has 0 saturated heterocycles. The Morgan fingerprint density at radius 2 is 2.12 bits per heavy atom. The first-order chi connectivity index (χ1) is 7.66. The van der Waals surface area contributed by atoms with Gasteiger partial charge in [-0.3, -0.25) is 0 Å². The molecule has 2 rings (SSSR count). The van der Waals surface area contributed by atoms with E-state index >= 15 is 0 Å². The highest BCUT2D eigenvalue weighted by atomic mass is 79.9. The van der Waals surface area contributed by atoms with Gasteiger partial charge in [0, 0.05) is 9.50 Å². The molecule has 84 valence electrons. The number of halogens is 3. The van der Waals surface area contributed by atoms with Crippen molar-refractivity contribution in [3.8, 4) is 0 Å². The van der Waals surface area contributed by atoms with Crippen molar-refractivity contribution in [3.05, 3.63) is 55.6 Å². The van der Waals surface area contributed by atoms with E-state index in [2.05, 4.69) is 32.8 Å². The zero-order valence-corrected chi connectivity index (χ0v) is 12.2. The minimum Gasteiger partial charge on any atom is -0.152 e. The fraction of sp³-hybridized carbons (Fsp3) is 0.167. The van der Waals surface area contributed by atoms with Crippen LogP contribution < -0.4 is 0 Å². The van der Waals surface area contributed by atoms with E-state index < -0.39 is 0 Å². The molecule has 16 heavy (non-hydrogen) atoms. The number of thiophene rings is 1. The summed E-state index contributed by atoms with van der Waals surface area (Å²) in [5.74, 6) is 0. The maximum atomic E-state index is 6.37. The normalized spacial score (nSPS) is 12.7. The van der Waals surface area contributed by atoms with Crippen LogP contribution in [0.1, 0.15) is 16.5 Å². The first-order valence-corrected chi connectivity index (χ1v) is 7.32. The molecule has 0 aliphatic rings. The van der Waals surface area contributed by atoms with Crippen molar-refractivity contribution in [2.24, 2.45) is 0 Å². The molecule has 1 unspecified atom stereocenters. The van der Waals surface area contributed by atoms with Crippen LogP contribution >= 0.6 is 50.5 Å². The van der Waals surface area contributed by atoms with Gasteiger partial charge in [0.15, 0.2) is 0 Å². The largest absolute Gasteiger partial charge is 0.152 e. The van der Waals surface area contributed by atoms with Crippen LogP contribution in [0.15, 0.2) is 39.5 Å². The van der Waals surface area contributed by atoms with Crippen molar-refractivity contribution in [1.29, 1.82) is 0 Å². The lowest BCUT2D eigenvalue weighted by Gasteiger charge is -2.11. The summed E-state index contributed by atoms with van der Waals surface area (Å²) in [6, 6.07) is 7.85. The summed E-state index contributed by atoms with van der Waals surface area (Å²) < 4.78 is 1.00. The Morgan fingerprint density at radius 1 is 1.31 bits per heavy atom. The van der Waals surface area contributed by atoms with E-state index in [1.54, 1.807) is 11.3 Å². The Morgan fingerprint density at radius 3 is 2.81 bits per heavy atom. The summed E-state index contributed by atoms with van der Waals surface area (Å²) in [5.41, 5.74) is 2.23. The van der Waals surface area contributed by atoms with Gasteiger partial charge in [0.1, 0.15) is 0 Å². The van der Waals surface area contributed by atoms with Gasteiger partial charge in [-0.1, -0.05) is 27.5 Å². The SMILES string of the molecule is Clc1ccc(Br)cc1C(Cl)Cc1ccsc1. The zero-order chi connectivity index (χ0) is 11.5. The van der Waals surface area contributed by atoms with Crippen LogP contribution in [0.25, 0.3) is 0 Å². The van der Waals surface area contributed by atoms with Gasteiger partial charge in [-0.25, -0.2) is 0 Å². The van der Waals surface area contributed by atoms with Crippen molar-refractivity contribution in [2.45, 2.75) is 11.8 Å². The Labute approximate surface area is 117 Å². The Hall–Kier alpha value is -0.0200. The van der Waals surface area contributed by atoms with Crippen molar-refractivity contribution in [1.82, 2.24) is 0 Å². The summed E-state index contributed by atoms with van der Waals surface area (Å²) in [5, 5.41) is 4.81. The topological polar surface area (TPSA) is 0 Å². The number of benzene rings is 1.